The van der Waals surface area contributed by atoms with Crippen LogP contribution in [0.5, 0.6) is 5.75 Å². The Labute approximate surface area is 174 Å². The van der Waals surface area contributed by atoms with Crippen LogP contribution >= 0.6 is 0 Å². The van der Waals surface area contributed by atoms with E-state index in [4.69, 9.17) is 9.57 Å². The predicted octanol–water partition coefficient (Wildman–Crippen LogP) is 3.75. The number of imide groups is 1. The van der Waals surface area contributed by atoms with Crippen LogP contribution in [0.15, 0.2) is 84.9 Å². The second-order valence-electron chi connectivity index (χ2n) is 7.28. The zero-order valence-electron chi connectivity index (χ0n) is 16.3. The lowest BCUT2D eigenvalue weighted by atomic mass is 9.90. The number of para-hydroxylation sites is 1. The van der Waals surface area contributed by atoms with Crippen molar-refractivity contribution in [2.75, 3.05) is 17.1 Å². The Hall–Kier alpha value is -3.64. The van der Waals surface area contributed by atoms with E-state index in [1.807, 2.05) is 72.8 Å². The van der Waals surface area contributed by atoms with Gasteiger partial charge in [-0.25, -0.2) is 9.96 Å². The highest BCUT2D eigenvalue weighted by Crippen LogP contribution is 2.47. The largest absolute Gasteiger partial charge is 0.497 e. The molecule has 150 valence electrons. The van der Waals surface area contributed by atoms with Crippen molar-refractivity contribution in [3.63, 3.8) is 0 Å². The van der Waals surface area contributed by atoms with Gasteiger partial charge in [0.1, 0.15) is 11.7 Å². The van der Waals surface area contributed by atoms with Gasteiger partial charge in [-0.2, -0.15) is 0 Å². The maximum absolute atomic E-state index is 13.4. The van der Waals surface area contributed by atoms with Crippen LogP contribution in [0.2, 0.25) is 0 Å². The van der Waals surface area contributed by atoms with Gasteiger partial charge in [0.25, 0.3) is 5.91 Å². The molecule has 2 aliphatic rings. The van der Waals surface area contributed by atoms with E-state index in [1.165, 1.54) is 4.90 Å². The Balaban J connectivity index is 1.56. The lowest BCUT2D eigenvalue weighted by molar-refractivity contribution is -0.126. The van der Waals surface area contributed by atoms with Gasteiger partial charge in [0.2, 0.25) is 5.91 Å². The zero-order chi connectivity index (χ0) is 20.7. The van der Waals surface area contributed by atoms with Crippen molar-refractivity contribution in [2.24, 2.45) is 5.92 Å². The third-order valence-electron chi connectivity index (χ3n) is 5.60. The first-order valence-electron chi connectivity index (χ1n) is 9.77. The van der Waals surface area contributed by atoms with Crippen LogP contribution in [-0.2, 0) is 14.4 Å². The van der Waals surface area contributed by atoms with Crippen LogP contribution in [0.25, 0.3) is 0 Å². The highest BCUT2D eigenvalue weighted by Gasteiger charge is 2.60. The first-order valence-corrected chi connectivity index (χ1v) is 9.77. The normalized spacial score (nSPS) is 23.0. The number of anilines is 2. The number of hydroxylamine groups is 1. The van der Waals surface area contributed by atoms with Gasteiger partial charge in [-0.15, -0.1) is 0 Å². The lowest BCUT2D eigenvalue weighted by Crippen LogP contribution is -2.37. The van der Waals surface area contributed by atoms with Gasteiger partial charge >= 0.3 is 0 Å². The van der Waals surface area contributed by atoms with E-state index in [9.17, 15) is 9.59 Å². The molecule has 2 aliphatic heterocycles. The van der Waals surface area contributed by atoms with Crippen molar-refractivity contribution < 1.29 is 19.2 Å². The van der Waals surface area contributed by atoms with Crippen LogP contribution in [0, 0.1) is 5.92 Å². The first kappa shape index (κ1) is 18.4. The number of hydrogen-bond donors (Lipinski definition) is 0. The van der Waals surface area contributed by atoms with Crippen LogP contribution in [0.1, 0.15) is 11.6 Å². The van der Waals surface area contributed by atoms with Crippen LogP contribution in [0.3, 0.4) is 0 Å². The second kappa shape index (κ2) is 7.31. The maximum atomic E-state index is 13.4. The Morgan fingerprint density at radius 3 is 2.03 bits per heavy atom. The summed E-state index contributed by atoms with van der Waals surface area (Å²) in [6.45, 7) is 0. The third kappa shape index (κ3) is 2.84. The number of methoxy groups -OCH3 is 1. The van der Waals surface area contributed by atoms with Gasteiger partial charge in [0.05, 0.1) is 24.5 Å². The number of fused-ring (bicyclic) bond motifs is 1. The minimum absolute atomic E-state index is 0.249. The van der Waals surface area contributed by atoms with Gasteiger partial charge in [0, 0.05) is 0 Å². The monoisotopic (exact) mass is 400 g/mol. The van der Waals surface area contributed by atoms with Gasteiger partial charge in [-0.1, -0.05) is 48.5 Å². The van der Waals surface area contributed by atoms with E-state index in [0.717, 1.165) is 17.0 Å². The highest BCUT2D eigenvalue weighted by molar-refractivity contribution is 6.23. The Kier molecular flexibility index (Phi) is 4.48. The summed E-state index contributed by atoms with van der Waals surface area (Å²) in [5.74, 6) is -0.506. The number of ether oxygens (including phenoxy) is 1. The van der Waals surface area contributed by atoms with Crippen molar-refractivity contribution in [2.45, 2.75) is 12.1 Å². The van der Waals surface area contributed by atoms with Crippen molar-refractivity contribution in [3.8, 4) is 5.75 Å². The van der Waals surface area contributed by atoms with Gasteiger partial charge < -0.3 is 4.74 Å². The summed E-state index contributed by atoms with van der Waals surface area (Å²) in [6.07, 6.45) is -0.870. The molecule has 0 saturated carbocycles. The summed E-state index contributed by atoms with van der Waals surface area (Å²) in [5.41, 5.74) is 2.23. The van der Waals surface area contributed by atoms with E-state index in [0.29, 0.717) is 5.69 Å². The summed E-state index contributed by atoms with van der Waals surface area (Å²) in [6, 6.07) is 25.6. The van der Waals surface area contributed by atoms with Crippen molar-refractivity contribution in [1.29, 1.82) is 0 Å². The van der Waals surface area contributed by atoms with Crippen LogP contribution < -0.4 is 14.7 Å². The number of amides is 2. The fourth-order valence-corrected chi connectivity index (χ4v) is 4.19. The van der Waals surface area contributed by atoms with E-state index < -0.39 is 18.1 Å². The number of rotatable bonds is 4. The average Bonchev–Trinajstić information content (AvgIpc) is 3.31. The molecule has 0 aromatic heterocycles. The van der Waals surface area contributed by atoms with E-state index in [2.05, 4.69) is 0 Å². The van der Waals surface area contributed by atoms with Crippen LogP contribution in [0.4, 0.5) is 11.4 Å². The lowest BCUT2D eigenvalue weighted by Gasteiger charge is -2.28. The Bertz CT molecular complexity index is 1070. The molecule has 0 spiro atoms. The molecule has 0 N–H and O–H groups in total. The number of carbonyl (C=O) groups is 2. The number of hydrogen-bond acceptors (Lipinski definition) is 5. The molecule has 2 fully saturated rings. The molecule has 2 amide bonds. The minimum Gasteiger partial charge on any atom is -0.497 e. The summed E-state index contributed by atoms with van der Waals surface area (Å²) < 4.78 is 5.24. The van der Waals surface area contributed by atoms with E-state index in [-0.39, 0.29) is 11.8 Å². The maximum Gasteiger partial charge on any atom is 0.266 e. The molecular weight excluding hydrogens is 380 g/mol. The molecule has 5 rings (SSSR count). The highest BCUT2D eigenvalue weighted by atomic mass is 16.7. The molecule has 30 heavy (non-hydrogen) atoms. The standard InChI is InChI=1S/C24H20N2O4/c1-29-19-14-12-18(13-15-19)26-21(16-8-4-2-5-9-16)20-22(30-26)24(28)25(23(20)27)17-10-6-3-7-11-17/h2-15,20-22H,1H3/t20-,21-,22+/m1/s1. The van der Waals surface area contributed by atoms with Crippen molar-refractivity contribution in [3.05, 3.63) is 90.5 Å². The molecule has 0 aliphatic carbocycles. The second-order valence-corrected chi connectivity index (χ2v) is 7.28. The number of nitrogens with zero attached hydrogens (tertiary/aromatic N) is 2. The Morgan fingerprint density at radius 2 is 1.40 bits per heavy atom. The molecule has 0 unspecified atom stereocenters. The smallest absolute Gasteiger partial charge is 0.266 e. The van der Waals surface area contributed by atoms with E-state index in [1.54, 1.807) is 24.3 Å². The summed E-state index contributed by atoms with van der Waals surface area (Å²) in [5, 5.41) is 1.68. The summed E-state index contributed by atoms with van der Waals surface area (Å²) in [7, 11) is 1.61. The third-order valence-corrected chi connectivity index (χ3v) is 5.60. The van der Waals surface area contributed by atoms with Gasteiger partial charge in [-0.05, 0) is 42.0 Å². The molecule has 6 heteroatoms. The van der Waals surface area contributed by atoms with Gasteiger partial charge in [0.15, 0.2) is 6.10 Å². The number of carbonyl (C=O) groups excluding carboxylic acids is 2. The van der Waals surface area contributed by atoms with Gasteiger partial charge in [-0.3, -0.25) is 14.4 Å². The molecule has 0 bridgehead atoms. The van der Waals surface area contributed by atoms with Crippen molar-refractivity contribution in [1.82, 2.24) is 0 Å². The SMILES string of the molecule is COc1ccc(N2O[C@@H]3C(=O)N(c4ccccc4)C(=O)[C@@H]3[C@H]2c2ccccc2)cc1. The molecule has 3 aromatic carbocycles. The number of benzene rings is 3. The predicted molar refractivity (Wildman–Crippen MR) is 112 cm³/mol. The molecule has 2 saturated heterocycles. The molecular formula is C24H20N2O4. The Morgan fingerprint density at radius 1 is 0.767 bits per heavy atom. The molecule has 3 aromatic rings. The molecule has 2 heterocycles. The zero-order valence-corrected chi connectivity index (χ0v) is 16.3. The quantitative estimate of drug-likeness (QED) is 0.625. The van der Waals surface area contributed by atoms with Crippen molar-refractivity contribution >= 4 is 23.2 Å². The van der Waals surface area contributed by atoms with Crippen LogP contribution in [-0.4, -0.2) is 25.0 Å². The first-order chi connectivity index (χ1) is 14.7. The fraction of sp³-hybridized carbons (Fsp3) is 0.167. The molecule has 0 radical (unpaired) electrons. The summed E-state index contributed by atoms with van der Waals surface area (Å²) >= 11 is 0. The summed E-state index contributed by atoms with van der Waals surface area (Å²) in [4.78, 5) is 34.0. The molecule has 3 atom stereocenters. The van der Waals surface area contributed by atoms with E-state index >= 15 is 0 Å². The average molecular weight is 400 g/mol. The molecule has 6 nitrogen and oxygen atoms in total. The minimum atomic E-state index is -0.870. The fourth-order valence-electron chi connectivity index (χ4n) is 4.19. The topological polar surface area (TPSA) is 59.1 Å².